The first-order valence-electron chi connectivity index (χ1n) is 9.70. The number of carbonyl (C=O) groups is 2. The summed E-state index contributed by atoms with van der Waals surface area (Å²) in [5.41, 5.74) is 1.69. The molecule has 0 aromatic heterocycles. The molecule has 2 N–H and O–H groups in total. The van der Waals surface area contributed by atoms with E-state index < -0.39 is 0 Å². The van der Waals surface area contributed by atoms with Crippen LogP contribution in [0.4, 0.5) is 5.69 Å². The van der Waals surface area contributed by atoms with Crippen LogP contribution in [0.2, 0.25) is 0 Å². The maximum Gasteiger partial charge on any atom is 0.255 e. The third kappa shape index (κ3) is 5.57. The molecule has 28 heavy (non-hydrogen) atoms. The number of hydrogen-bond donors (Lipinski definition) is 2. The average molecular weight is 382 g/mol. The van der Waals surface area contributed by atoms with Gasteiger partial charge in [-0.25, -0.2) is 0 Å². The van der Waals surface area contributed by atoms with Crippen LogP contribution in [0.5, 0.6) is 5.75 Å². The van der Waals surface area contributed by atoms with Gasteiger partial charge < -0.3 is 20.1 Å². The molecule has 0 saturated carbocycles. The second kappa shape index (κ2) is 9.90. The van der Waals surface area contributed by atoms with E-state index in [1.54, 1.807) is 42.5 Å². The fourth-order valence-corrected chi connectivity index (χ4v) is 2.97. The molecule has 2 amide bonds. The number of rotatable bonds is 8. The largest absolute Gasteiger partial charge is 0.494 e. The van der Waals surface area contributed by atoms with Crippen molar-refractivity contribution in [1.82, 2.24) is 5.32 Å². The Kier molecular flexibility index (Phi) is 7.03. The maximum absolute atomic E-state index is 12.4. The number of nitrogens with one attached hydrogen (secondary N) is 2. The molecule has 1 atom stereocenters. The SMILES string of the molecule is CCCOc1cccc(C(=O)Nc2ccc(C(=O)NC[C@H]3CCCO3)cc2)c1. The van der Waals surface area contributed by atoms with E-state index in [-0.39, 0.29) is 17.9 Å². The van der Waals surface area contributed by atoms with Gasteiger partial charge in [-0.15, -0.1) is 0 Å². The third-order valence-electron chi connectivity index (χ3n) is 4.49. The number of carbonyl (C=O) groups excluding carboxylic acids is 2. The fourth-order valence-electron chi connectivity index (χ4n) is 2.97. The van der Waals surface area contributed by atoms with E-state index >= 15 is 0 Å². The molecular formula is C22H26N2O4. The topological polar surface area (TPSA) is 76.7 Å². The molecule has 2 aromatic carbocycles. The average Bonchev–Trinajstić information content (AvgIpc) is 3.25. The highest BCUT2D eigenvalue weighted by atomic mass is 16.5. The summed E-state index contributed by atoms with van der Waals surface area (Å²) in [6.45, 7) is 3.93. The summed E-state index contributed by atoms with van der Waals surface area (Å²) in [5, 5.41) is 5.72. The Balaban J connectivity index is 1.54. The van der Waals surface area contributed by atoms with Crippen LogP contribution in [0.15, 0.2) is 48.5 Å². The molecule has 0 unspecified atom stereocenters. The van der Waals surface area contributed by atoms with E-state index in [1.165, 1.54) is 0 Å². The van der Waals surface area contributed by atoms with Crippen molar-refractivity contribution in [2.24, 2.45) is 0 Å². The van der Waals surface area contributed by atoms with Crippen LogP contribution in [-0.2, 0) is 4.74 Å². The van der Waals surface area contributed by atoms with Crippen LogP contribution in [-0.4, -0.2) is 37.7 Å². The van der Waals surface area contributed by atoms with Gasteiger partial charge in [-0.1, -0.05) is 13.0 Å². The van der Waals surface area contributed by atoms with Gasteiger partial charge in [-0.3, -0.25) is 9.59 Å². The number of amides is 2. The number of ether oxygens (including phenoxy) is 2. The fraction of sp³-hybridized carbons (Fsp3) is 0.364. The zero-order valence-corrected chi connectivity index (χ0v) is 16.1. The predicted molar refractivity (Wildman–Crippen MR) is 108 cm³/mol. The lowest BCUT2D eigenvalue weighted by atomic mass is 10.1. The van der Waals surface area contributed by atoms with Crippen molar-refractivity contribution >= 4 is 17.5 Å². The van der Waals surface area contributed by atoms with Crippen molar-refractivity contribution in [3.63, 3.8) is 0 Å². The van der Waals surface area contributed by atoms with Gasteiger partial charge in [0.05, 0.1) is 12.7 Å². The molecular weight excluding hydrogens is 356 g/mol. The Morgan fingerprint density at radius 2 is 1.93 bits per heavy atom. The van der Waals surface area contributed by atoms with Crippen LogP contribution >= 0.6 is 0 Å². The lowest BCUT2D eigenvalue weighted by Gasteiger charge is -2.11. The zero-order valence-electron chi connectivity index (χ0n) is 16.1. The van der Waals surface area contributed by atoms with Crippen molar-refractivity contribution in [2.45, 2.75) is 32.3 Å². The van der Waals surface area contributed by atoms with Crippen molar-refractivity contribution < 1.29 is 19.1 Å². The van der Waals surface area contributed by atoms with Crippen molar-refractivity contribution in [3.8, 4) is 5.75 Å². The minimum absolute atomic E-state index is 0.111. The Morgan fingerprint density at radius 3 is 2.64 bits per heavy atom. The molecule has 0 spiro atoms. The molecule has 0 radical (unpaired) electrons. The molecule has 1 aliphatic heterocycles. The number of hydrogen-bond acceptors (Lipinski definition) is 4. The quantitative estimate of drug-likeness (QED) is 0.731. The van der Waals surface area contributed by atoms with Gasteiger partial charge in [0.1, 0.15) is 5.75 Å². The number of benzene rings is 2. The summed E-state index contributed by atoms with van der Waals surface area (Å²) in [6.07, 6.45) is 3.04. The smallest absolute Gasteiger partial charge is 0.255 e. The molecule has 2 aromatic rings. The standard InChI is InChI=1S/C22H26N2O4/c1-2-12-27-19-6-3-5-17(14-19)22(26)24-18-10-8-16(9-11-18)21(25)23-15-20-7-4-13-28-20/h3,5-6,8-11,14,20H,2,4,7,12-13,15H2,1H3,(H,23,25)(H,24,26)/t20-/m1/s1. The van der Waals surface area contributed by atoms with Gasteiger partial charge in [-0.2, -0.15) is 0 Å². The molecule has 1 aliphatic rings. The summed E-state index contributed by atoms with van der Waals surface area (Å²) in [6, 6.07) is 13.9. The summed E-state index contributed by atoms with van der Waals surface area (Å²) in [4.78, 5) is 24.7. The van der Waals surface area contributed by atoms with E-state index in [0.29, 0.717) is 35.7 Å². The zero-order chi connectivity index (χ0) is 19.8. The van der Waals surface area contributed by atoms with Crippen molar-refractivity contribution in [1.29, 1.82) is 0 Å². The molecule has 1 heterocycles. The van der Waals surface area contributed by atoms with E-state index in [0.717, 1.165) is 25.9 Å². The van der Waals surface area contributed by atoms with Crippen LogP contribution in [0, 0.1) is 0 Å². The summed E-state index contributed by atoms with van der Waals surface area (Å²) in [5.74, 6) is 0.305. The second-order valence-electron chi connectivity index (χ2n) is 6.75. The Morgan fingerprint density at radius 1 is 1.11 bits per heavy atom. The molecule has 0 aliphatic carbocycles. The lowest BCUT2D eigenvalue weighted by Crippen LogP contribution is -2.31. The van der Waals surface area contributed by atoms with Gasteiger partial charge in [-0.05, 0) is 61.7 Å². The monoisotopic (exact) mass is 382 g/mol. The van der Waals surface area contributed by atoms with Crippen LogP contribution in [0.25, 0.3) is 0 Å². The van der Waals surface area contributed by atoms with Crippen molar-refractivity contribution in [2.75, 3.05) is 25.1 Å². The normalized spacial score (nSPS) is 15.8. The Hall–Kier alpha value is -2.86. The third-order valence-corrected chi connectivity index (χ3v) is 4.49. The first-order valence-corrected chi connectivity index (χ1v) is 9.70. The molecule has 0 bridgehead atoms. The van der Waals surface area contributed by atoms with Gasteiger partial charge in [0.25, 0.3) is 11.8 Å². The molecule has 3 rings (SSSR count). The minimum Gasteiger partial charge on any atom is -0.494 e. The highest BCUT2D eigenvalue weighted by Gasteiger charge is 2.16. The minimum atomic E-state index is -0.225. The Bertz CT molecular complexity index is 798. The van der Waals surface area contributed by atoms with Gasteiger partial charge >= 0.3 is 0 Å². The predicted octanol–water partition coefficient (Wildman–Crippen LogP) is 3.64. The first-order chi connectivity index (χ1) is 13.7. The highest BCUT2D eigenvalue weighted by molar-refractivity contribution is 6.04. The van der Waals surface area contributed by atoms with E-state index in [9.17, 15) is 9.59 Å². The summed E-state index contributed by atoms with van der Waals surface area (Å²) < 4.78 is 11.1. The van der Waals surface area contributed by atoms with E-state index in [1.807, 2.05) is 13.0 Å². The molecule has 6 nitrogen and oxygen atoms in total. The van der Waals surface area contributed by atoms with Crippen LogP contribution in [0.3, 0.4) is 0 Å². The van der Waals surface area contributed by atoms with E-state index in [4.69, 9.17) is 9.47 Å². The summed E-state index contributed by atoms with van der Waals surface area (Å²) >= 11 is 0. The van der Waals surface area contributed by atoms with E-state index in [2.05, 4.69) is 10.6 Å². The van der Waals surface area contributed by atoms with Gasteiger partial charge in [0.2, 0.25) is 0 Å². The first kappa shape index (κ1) is 19.9. The summed E-state index contributed by atoms with van der Waals surface area (Å²) in [7, 11) is 0. The van der Waals surface area contributed by atoms with Gasteiger partial charge in [0.15, 0.2) is 0 Å². The lowest BCUT2D eigenvalue weighted by molar-refractivity contribution is 0.0857. The van der Waals surface area contributed by atoms with Crippen LogP contribution < -0.4 is 15.4 Å². The Labute approximate surface area is 165 Å². The van der Waals surface area contributed by atoms with Crippen LogP contribution in [0.1, 0.15) is 46.9 Å². The molecule has 6 heteroatoms. The highest BCUT2D eigenvalue weighted by Crippen LogP contribution is 2.16. The molecule has 148 valence electrons. The second-order valence-corrected chi connectivity index (χ2v) is 6.75. The molecule has 1 fully saturated rings. The number of anilines is 1. The van der Waals surface area contributed by atoms with Crippen molar-refractivity contribution in [3.05, 3.63) is 59.7 Å². The van der Waals surface area contributed by atoms with Gasteiger partial charge in [0, 0.05) is 30.0 Å². The maximum atomic E-state index is 12.4. The molecule has 1 saturated heterocycles.